The Balaban J connectivity index is 1.50. The number of carbonyl (C=O) groups is 1. The zero-order valence-corrected chi connectivity index (χ0v) is 18.2. The van der Waals surface area contributed by atoms with E-state index >= 15 is 8.78 Å². The van der Waals surface area contributed by atoms with Crippen LogP contribution in [0.5, 0.6) is 11.5 Å². The van der Waals surface area contributed by atoms with E-state index in [-0.39, 0.29) is 24.0 Å². The summed E-state index contributed by atoms with van der Waals surface area (Å²) in [7, 11) is 2.59. The van der Waals surface area contributed by atoms with Crippen LogP contribution in [0.15, 0.2) is 29.1 Å². The van der Waals surface area contributed by atoms with E-state index in [0.29, 0.717) is 25.4 Å². The third-order valence-electron chi connectivity index (χ3n) is 6.83. The molecule has 0 aromatic heterocycles. The summed E-state index contributed by atoms with van der Waals surface area (Å²) in [5, 5.41) is 6.89. The maximum atomic E-state index is 15.1. The van der Waals surface area contributed by atoms with E-state index in [4.69, 9.17) is 14.2 Å². The predicted octanol–water partition coefficient (Wildman–Crippen LogP) is 2.62. The van der Waals surface area contributed by atoms with Gasteiger partial charge in [0.05, 0.1) is 25.5 Å². The van der Waals surface area contributed by atoms with Gasteiger partial charge in [0.15, 0.2) is 23.1 Å². The van der Waals surface area contributed by atoms with Gasteiger partial charge < -0.3 is 29.7 Å². The number of halogens is 2. The molecule has 1 aliphatic carbocycles. The van der Waals surface area contributed by atoms with E-state index in [1.54, 1.807) is 0 Å². The number of ether oxygens (including phenoxy) is 3. The van der Waals surface area contributed by atoms with Gasteiger partial charge in [-0.05, 0) is 42.9 Å². The van der Waals surface area contributed by atoms with Crippen LogP contribution in [-0.2, 0) is 9.53 Å². The Morgan fingerprint density at radius 3 is 2.41 bits per heavy atom. The summed E-state index contributed by atoms with van der Waals surface area (Å²) in [5.74, 6) is -1.53. The number of amides is 1. The lowest BCUT2D eigenvalue weighted by Crippen LogP contribution is -2.49. The number of carbonyl (C=O) groups excluding carboxylic acids is 1. The van der Waals surface area contributed by atoms with Gasteiger partial charge in [-0.2, -0.15) is 0 Å². The van der Waals surface area contributed by atoms with Gasteiger partial charge in [0.2, 0.25) is 5.91 Å². The Labute approximate surface area is 185 Å². The lowest BCUT2D eigenvalue weighted by molar-refractivity contribution is -0.122. The minimum Gasteiger partial charge on any atom is -0.493 e. The number of allylic oxidation sites excluding steroid dienone is 1. The molecule has 0 unspecified atom stereocenters. The second-order valence-corrected chi connectivity index (χ2v) is 8.69. The first-order valence-electron chi connectivity index (χ1n) is 10.9. The summed E-state index contributed by atoms with van der Waals surface area (Å²) in [5.41, 5.74) is 0.787. The summed E-state index contributed by atoms with van der Waals surface area (Å²) in [6.45, 7) is 2.08. The van der Waals surface area contributed by atoms with Crippen LogP contribution in [0.3, 0.4) is 0 Å². The molecule has 1 spiro atoms. The molecule has 3 aliphatic heterocycles. The molecule has 3 heterocycles. The standard InChI is InChI=1S/C23H27F2N3O4/c1-30-16-10-17(31-2)20(25)21(19(16)24)28-12-13-11-26-18(27-14-3-7-32-8-4-14)9-15(13)23(5-6-23)22(28)29/h9-10,14,26-27H,3-8,11-12H2,1-2H3. The molecule has 1 aromatic carbocycles. The van der Waals surface area contributed by atoms with Crippen molar-refractivity contribution < 1.29 is 27.8 Å². The summed E-state index contributed by atoms with van der Waals surface area (Å²) >= 11 is 0. The van der Waals surface area contributed by atoms with E-state index in [1.807, 2.05) is 6.08 Å². The first-order valence-corrected chi connectivity index (χ1v) is 10.9. The number of methoxy groups -OCH3 is 2. The van der Waals surface area contributed by atoms with Crippen LogP contribution in [0.4, 0.5) is 14.5 Å². The summed E-state index contributed by atoms with van der Waals surface area (Å²) in [4.78, 5) is 14.8. The van der Waals surface area contributed by atoms with Crippen LogP contribution in [0.2, 0.25) is 0 Å². The van der Waals surface area contributed by atoms with Crippen molar-refractivity contribution in [2.45, 2.75) is 31.7 Å². The molecule has 9 heteroatoms. The highest BCUT2D eigenvalue weighted by Crippen LogP contribution is 2.58. The Morgan fingerprint density at radius 1 is 1.16 bits per heavy atom. The van der Waals surface area contributed by atoms with E-state index in [0.717, 1.165) is 49.1 Å². The topological polar surface area (TPSA) is 72.1 Å². The van der Waals surface area contributed by atoms with Crippen LogP contribution in [0, 0.1) is 17.0 Å². The largest absolute Gasteiger partial charge is 0.493 e. The zero-order chi connectivity index (χ0) is 22.5. The van der Waals surface area contributed by atoms with Crippen molar-refractivity contribution in [3.63, 3.8) is 0 Å². The number of benzene rings is 1. The van der Waals surface area contributed by atoms with E-state index in [1.165, 1.54) is 19.1 Å². The quantitative estimate of drug-likeness (QED) is 0.723. The van der Waals surface area contributed by atoms with E-state index < -0.39 is 22.7 Å². The number of rotatable bonds is 5. The molecule has 172 valence electrons. The summed E-state index contributed by atoms with van der Waals surface area (Å²) < 4.78 is 45.8. The van der Waals surface area contributed by atoms with Gasteiger partial charge in [0.25, 0.3) is 0 Å². The number of fused-ring (bicyclic) bond motifs is 1. The molecular formula is C23H27F2N3O4. The van der Waals surface area contributed by atoms with Crippen molar-refractivity contribution in [3.8, 4) is 11.5 Å². The zero-order valence-electron chi connectivity index (χ0n) is 18.2. The maximum absolute atomic E-state index is 15.1. The fraction of sp³-hybridized carbons (Fsp3) is 0.522. The third kappa shape index (κ3) is 3.30. The highest BCUT2D eigenvalue weighted by atomic mass is 19.1. The van der Waals surface area contributed by atoms with Gasteiger partial charge in [0.1, 0.15) is 5.69 Å². The van der Waals surface area contributed by atoms with Crippen molar-refractivity contribution in [2.24, 2.45) is 5.41 Å². The van der Waals surface area contributed by atoms with Gasteiger partial charge in [-0.25, -0.2) is 8.78 Å². The van der Waals surface area contributed by atoms with Gasteiger partial charge in [0, 0.05) is 38.4 Å². The fourth-order valence-electron chi connectivity index (χ4n) is 4.90. The normalized spacial score (nSPS) is 22.3. The third-order valence-corrected chi connectivity index (χ3v) is 6.83. The lowest BCUT2D eigenvalue weighted by atomic mass is 9.83. The van der Waals surface area contributed by atoms with Gasteiger partial charge in [-0.15, -0.1) is 0 Å². The van der Waals surface area contributed by atoms with Crippen LogP contribution >= 0.6 is 0 Å². The molecule has 0 radical (unpaired) electrons. The number of hydrogen-bond donors (Lipinski definition) is 2. The molecule has 4 aliphatic rings. The Kier molecular flexibility index (Phi) is 5.23. The molecule has 1 amide bonds. The van der Waals surface area contributed by atoms with Crippen molar-refractivity contribution in [1.29, 1.82) is 0 Å². The summed E-state index contributed by atoms with van der Waals surface area (Å²) in [6, 6.07) is 1.47. The van der Waals surface area contributed by atoms with Gasteiger partial charge >= 0.3 is 0 Å². The highest BCUT2D eigenvalue weighted by molar-refractivity contribution is 6.04. The average molecular weight is 447 g/mol. The van der Waals surface area contributed by atoms with Crippen LogP contribution in [0.1, 0.15) is 25.7 Å². The first kappa shape index (κ1) is 21.1. The SMILES string of the molecule is COc1cc(OC)c(F)c(N2CC3=C(C=C(NC4CCOCC4)NC3)C3(CC3)C2=O)c1F. The van der Waals surface area contributed by atoms with Crippen molar-refractivity contribution in [2.75, 3.05) is 45.4 Å². The minimum atomic E-state index is -0.903. The number of nitrogens with zero attached hydrogens (tertiary/aromatic N) is 1. The minimum absolute atomic E-state index is 0.105. The Bertz CT molecular complexity index is 985. The molecule has 7 nitrogen and oxygen atoms in total. The molecule has 32 heavy (non-hydrogen) atoms. The van der Waals surface area contributed by atoms with Gasteiger partial charge in [-0.3, -0.25) is 4.79 Å². The molecule has 0 bridgehead atoms. The van der Waals surface area contributed by atoms with Crippen LogP contribution < -0.4 is 25.0 Å². The molecule has 1 aromatic rings. The fourth-order valence-corrected chi connectivity index (χ4v) is 4.90. The van der Waals surface area contributed by atoms with E-state index in [9.17, 15) is 4.79 Å². The second-order valence-electron chi connectivity index (χ2n) is 8.69. The van der Waals surface area contributed by atoms with Crippen LogP contribution in [-0.4, -0.2) is 52.5 Å². The molecule has 0 atom stereocenters. The Hall–Kier alpha value is -2.81. The molecular weight excluding hydrogens is 420 g/mol. The second kappa shape index (κ2) is 7.95. The van der Waals surface area contributed by atoms with E-state index in [2.05, 4.69) is 10.6 Å². The number of hydrogen-bond acceptors (Lipinski definition) is 6. The molecule has 2 fully saturated rings. The van der Waals surface area contributed by atoms with Crippen molar-refractivity contribution in [1.82, 2.24) is 10.6 Å². The van der Waals surface area contributed by atoms with Crippen molar-refractivity contribution >= 4 is 11.6 Å². The van der Waals surface area contributed by atoms with Gasteiger partial charge in [-0.1, -0.05) is 0 Å². The number of dihydropyridines is 1. The van der Waals surface area contributed by atoms with Crippen LogP contribution in [0.25, 0.3) is 0 Å². The first-order chi connectivity index (χ1) is 15.5. The Morgan fingerprint density at radius 2 is 1.81 bits per heavy atom. The monoisotopic (exact) mass is 447 g/mol. The lowest BCUT2D eigenvalue weighted by Gasteiger charge is -2.39. The predicted molar refractivity (Wildman–Crippen MR) is 114 cm³/mol. The van der Waals surface area contributed by atoms with Crippen molar-refractivity contribution in [3.05, 3.63) is 40.7 Å². The molecule has 1 saturated heterocycles. The molecule has 2 N–H and O–H groups in total. The maximum Gasteiger partial charge on any atom is 0.238 e. The number of anilines is 1. The average Bonchev–Trinajstić information content (AvgIpc) is 3.60. The number of nitrogens with one attached hydrogen (secondary N) is 2. The smallest absolute Gasteiger partial charge is 0.238 e. The molecule has 1 saturated carbocycles. The highest BCUT2D eigenvalue weighted by Gasteiger charge is 2.58. The summed E-state index contributed by atoms with van der Waals surface area (Å²) in [6.07, 6.45) is 5.19. The molecule has 5 rings (SSSR count).